The maximum atomic E-state index is 12.5. The van der Waals surface area contributed by atoms with Gasteiger partial charge in [-0.2, -0.15) is 5.26 Å². The van der Waals surface area contributed by atoms with Crippen LogP contribution in [0.5, 0.6) is 5.75 Å². The SMILES string of the molecule is N#Cc1c(NC(=O)CC2CCOc3ccccc32)nc2n1CCS2. The number of thioether (sulfide) groups is 1. The Kier molecular flexibility index (Phi) is 3.90. The molecule has 2 aliphatic rings. The summed E-state index contributed by atoms with van der Waals surface area (Å²) in [6.07, 6.45) is 1.17. The van der Waals surface area contributed by atoms with E-state index in [9.17, 15) is 10.1 Å². The first-order chi connectivity index (χ1) is 11.8. The predicted molar refractivity (Wildman–Crippen MR) is 90.2 cm³/mol. The van der Waals surface area contributed by atoms with E-state index in [1.165, 1.54) is 0 Å². The number of carbonyl (C=O) groups is 1. The molecule has 2 aromatic rings. The second-order valence-corrected chi connectivity index (χ2v) is 6.89. The van der Waals surface area contributed by atoms with Crippen LogP contribution in [0.1, 0.15) is 30.0 Å². The van der Waals surface area contributed by atoms with Crippen LogP contribution in [0.15, 0.2) is 29.4 Å². The molecule has 7 heteroatoms. The van der Waals surface area contributed by atoms with Crippen LogP contribution in [0.2, 0.25) is 0 Å². The Bertz CT molecular complexity index is 840. The molecule has 1 atom stereocenters. The van der Waals surface area contributed by atoms with E-state index in [1.807, 2.05) is 28.8 Å². The van der Waals surface area contributed by atoms with Gasteiger partial charge >= 0.3 is 0 Å². The predicted octanol–water partition coefficient (Wildman–Crippen LogP) is 2.76. The lowest BCUT2D eigenvalue weighted by atomic mass is 9.90. The van der Waals surface area contributed by atoms with Crippen molar-refractivity contribution in [2.75, 3.05) is 17.7 Å². The summed E-state index contributed by atoms with van der Waals surface area (Å²) in [5.41, 5.74) is 1.51. The maximum absolute atomic E-state index is 12.5. The van der Waals surface area contributed by atoms with Crippen molar-refractivity contribution in [1.29, 1.82) is 5.26 Å². The van der Waals surface area contributed by atoms with E-state index in [2.05, 4.69) is 16.4 Å². The minimum absolute atomic E-state index is 0.116. The molecule has 2 aliphatic heterocycles. The monoisotopic (exact) mass is 340 g/mol. The average Bonchev–Trinajstić information content (AvgIpc) is 3.15. The Morgan fingerprint density at radius 1 is 1.50 bits per heavy atom. The first-order valence-corrected chi connectivity index (χ1v) is 8.90. The van der Waals surface area contributed by atoms with Gasteiger partial charge in [0.05, 0.1) is 6.61 Å². The van der Waals surface area contributed by atoms with Crippen LogP contribution in [0.3, 0.4) is 0 Å². The first-order valence-electron chi connectivity index (χ1n) is 7.91. The quantitative estimate of drug-likeness (QED) is 0.929. The van der Waals surface area contributed by atoms with Crippen LogP contribution in [-0.4, -0.2) is 27.8 Å². The zero-order chi connectivity index (χ0) is 16.5. The fourth-order valence-corrected chi connectivity index (χ4v) is 4.16. The highest BCUT2D eigenvalue weighted by Crippen LogP contribution is 2.36. The lowest BCUT2D eigenvalue weighted by Crippen LogP contribution is -2.21. The molecule has 122 valence electrons. The van der Waals surface area contributed by atoms with E-state index in [0.29, 0.717) is 24.5 Å². The number of anilines is 1. The number of hydrogen-bond acceptors (Lipinski definition) is 5. The van der Waals surface area contributed by atoms with Gasteiger partial charge in [0.2, 0.25) is 5.91 Å². The van der Waals surface area contributed by atoms with Crippen molar-refractivity contribution in [3.8, 4) is 11.8 Å². The number of carbonyl (C=O) groups excluding carboxylic acids is 1. The molecule has 1 amide bonds. The van der Waals surface area contributed by atoms with E-state index in [1.54, 1.807) is 11.8 Å². The lowest BCUT2D eigenvalue weighted by Gasteiger charge is -2.25. The first kappa shape index (κ1) is 15.1. The number of amides is 1. The van der Waals surface area contributed by atoms with Crippen LogP contribution < -0.4 is 10.1 Å². The van der Waals surface area contributed by atoms with Gasteiger partial charge < -0.3 is 14.6 Å². The third-order valence-electron chi connectivity index (χ3n) is 4.36. The Balaban J connectivity index is 1.50. The number of aromatic nitrogens is 2. The van der Waals surface area contributed by atoms with Crippen molar-refractivity contribution in [3.05, 3.63) is 35.5 Å². The van der Waals surface area contributed by atoms with Crippen molar-refractivity contribution >= 4 is 23.5 Å². The largest absolute Gasteiger partial charge is 0.493 e. The van der Waals surface area contributed by atoms with E-state index in [-0.39, 0.29) is 11.8 Å². The molecule has 1 N–H and O–H groups in total. The van der Waals surface area contributed by atoms with Crippen LogP contribution in [-0.2, 0) is 11.3 Å². The second kappa shape index (κ2) is 6.21. The van der Waals surface area contributed by atoms with Crippen LogP contribution in [0.4, 0.5) is 5.82 Å². The summed E-state index contributed by atoms with van der Waals surface area (Å²) in [6, 6.07) is 9.99. The third kappa shape index (κ3) is 2.63. The molecule has 0 bridgehead atoms. The Hall–Kier alpha value is -2.46. The van der Waals surface area contributed by atoms with E-state index >= 15 is 0 Å². The van der Waals surface area contributed by atoms with Crippen LogP contribution in [0, 0.1) is 11.3 Å². The van der Waals surface area contributed by atoms with E-state index < -0.39 is 0 Å². The maximum Gasteiger partial charge on any atom is 0.226 e. The second-order valence-electron chi connectivity index (χ2n) is 5.83. The lowest BCUT2D eigenvalue weighted by molar-refractivity contribution is -0.116. The Morgan fingerprint density at radius 2 is 2.38 bits per heavy atom. The smallest absolute Gasteiger partial charge is 0.226 e. The number of nitrogens with zero attached hydrogens (tertiary/aromatic N) is 3. The molecule has 0 saturated carbocycles. The number of fused-ring (bicyclic) bond motifs is 2. The fraction of sp³-hybridized carbons (Fsp3) is 0.353. The van der Waals surface area contributed by atoms with Gasteiger partial charge in [-0.3, -0.25) is 4.79 Å². The van der Waals surface area contributed by atoms with Crippen LogP contribution >= 0.6 is 11.8 Å². The normalized spacial score (nSPS) is 18.2. The van der Waals surface area contributed by atoms with Gasteiger partial charge in [0.15, 0.2) is 16.7 Å². The molecule has 1 aromatic heterocycles. The molecule has 0 fully saturated rings. The summed E-state index contributed by atoms with van der Waals surface area (Å²) in [7, 11) is 0. The van der Waals surface area contributed by atoms with Gasteiger partial charge in [0.25, 0.3) is 0 Å². The number of rotatable bonds is 3. The zero-order valence-corrected chi connectivity index (χ0v) is 13.8. The summed E-state index contributed by atoms with van der Waals surface area (Å²) in [5, 5.41) is 13.0. The number of benzene rings is 1. The Morgan fingerprint density at radius 3 is 3.25 bits per heavy atom. The van der Waals surface area contributed by atoms with E-state index in [4.69, 9.17) is 4.74 Å². The van der Waals surface area contributed by atoms with Gasteiger partial charge in [-0.05, 0) is 24.0 Å². The zero-order valence-electron chi connectivity index (χ0n) is 13.0. The summed E-state index contributed by atoms with van der Waals surface area (Å²) in [4.78, 5) is 16.9. The number of nitrogens with one attached hydrogen (secondary N) is 1. The molecule has 0 aliphatic carbocycles. The molecule has 1 unspecified atom stereocenters. The van der Waals surface area contributed by atoms with Crippen molar-refractivity contribution in [3.63, 3.8) is 0 Å². The minimum Gasteiger partial charge on any atom is -0.493 e. The number of imidazole rings is 1. The molecule has 0 spiro atoms. The standard InChI is InChI=1S/C17H16N4O2S/c18-10-13-16(20-17-21(13)6-8-24-17)19-15(22)9-11-5-7-23-14-4-2-1-3-12(11)14/h1-4,11H,5-9H2,(H,19,22). The van der Waals surface area contributed by atoms with Gasteiger partial charge in [-0.15, -0.1) is 0 Å². The summed E-state index contributed by atoms with van der Waals surface area (Å²) in [5.74, 6) is 2.17. The van der Waals surface area contributed by atoms with Crippen molar-refractivity contribution in [1.82, 2.24) is 9.55 Å². The molecular weight excluding hydrogens is 324 g/mol. The minimum atomic E-state index is -0.116. The molecule has 24 heavy (non-hydrogen) atoms. The third-order valence-corrected chi connectivity index (χ3v) is 5.31. The Labute approximate surface area is 143 Å². The highest BCUT2D eigenvalue weighted by Gasteiger charge is 2.26. The van der Waals surface area contributed by atoms with E-state index in [0.717, 1.165) is 35.2 Å². The number of para-hydroxylation sites is 1. The van der Waals surface area contributed by atoms with Gasteiger partial charge in [-0.1, -0.05) is 30.0 Å². The molecule has 3 heterocycles. The number of hydrogen-bond donors (Lipinski definition) is 1. The molecule has 4 rings (SSSR count). The molecule has 0 radical (unpaired) electrons. The van der Waals surface area contributed by atoms with Gasteiger partial charge in [-0.25, -0.2) is 4.98 Å². The van der Waals surface area contributed by atoms with Gasteiger partial charge in [0.1, 0.15) is 11.8 Å². The highest BCUT2D eigenvalue weighted by molar-refractivity contribution is 7.99. The fourth-order valence-electron chi connectivity index (χ4n) is 3.21. The summed E-state index contributed by atoms with van der Waals surface area (Å²) < 4.78 is 7.50. The molecule has 6 nitrogen and oxygen atoms in total. The topological polar surface area (TPSA) is 79.9 Å². The average molecular weight is 340 g/mol. The number of ether oxygens (including phenoxy) is 1. The molecule has 1 aromatic carbocycles. The number of nitriles is 1. The van der Waals surface area contributed by atoms with Crippen molar-refractivity contribution in [2.24, 2.45) is 0 Å². The van der Waals surface area contributed by atoms with Crippen molar-refractivity contribution < 1.29 is 9.53 Å². The molecule has 0 saturated heterocycles. The highest BCUT2D eigenvalue weighted by atomic mass is 32.2. The van der Waals surface area contributed by atoms with Gasteiger partial charge in [0, 0.05) is 18.7 Å². The summed E-state index contributed by atoms with van der Waals surface area (Å²) in [6.45, 7) is 1.38. The molecular formula is C17H16N4O2S. The summed E-state index contributed by atoms with van der Waals surface area (Å²) >= 11 is 1.60. The van der Waals surface area contributed by atoms with Crippen LogP contribution in [0.25, 0.3) is 0 Å². The van der Waals surface area contributed by atoms with Crippen molar-refractivity contribution in [2.45, 2.75) is 30.5 Å².